The molecule has 2 aromatic carbocycles. The second kappa shape index (κ2) is 10.9. The fourth-order valence-corrected chi connectivity index (χ4v) is 4.63. The van der Waals surface area contributed by atoms with Gasteiger partial charge >= 0.3 is 5.97 Å². The van der Waals surface area contributed by atoms with E-state index in [0.29, 0.717) is 32.1 Å². The van der Waals surface area contributed by atoms with E-state index in [2.05, 4.69) is 10.3 Å². The van der Waals surface area contributed by atoms with Gasteiger partial charge in [-0.2, -0.15) is 0 Å². The number of carbonyl (C=O) groups is 2. The Kier molecular flexibility index (Phi) is 7.71. The molecule has 36 heavy (non-hydrogen) atoms. The topological polar surface area (TPSA) is 108 Å². The van der Waals surface area contributed by atoms with Gasteiger partial charge in [-0.3, -0.25) is 14.9 Å². The van der Waals surface area contributed by atoms with Crippen LogP contribution in [0.3, 0.4) is 0 Å². The van der Waals surface area contributed by atoms with Crippen molar-refractivity contribution < 1.29 is 23.5 Å². The third-order valence-corrected chi connectivity index (χ3v) is 6.67. The SMILES string of the molecule is CCOC(=O)c1sc(NC(=O)C(CC)Oc2c(-c3ccccc3Cl)oc3ccccc3c2=O)nc1C. The molecule has 0 fully saturated rings. The number of anilines is 1. The van der Waals surface area contributed by atoms with Crippen molar-refractivity contribution >= 4 is 50.9 Å². The second-order valence-corrected chi connectivity index (χ2v) is 9.13. The van der Waals surface area contributed by atoms with Gasteiger partial charge in [-0.25, -0.2) is 9.78 Å². The summed E-state index contributed by atoms with van der Waals surface area (Å²) in [6, 6.07) is 13.7. The van der Waals surface area contributed by atoms with Gasteiger partial charge in [0.25, 0.3) is 5.91 Å². The number of rotatable bonds is 8. The number of aromatic nitrogens is 1. The van der Waals surface area contributed by atoms with E-state index in [1.165, 1.54) is 0 Å². The van der Waals surface area contributed by atoms with Crippen molar-refractivity contribution in [2.75, 3.05) is 11.9 Å². The summed E-state index contributed by atoms with van der Waals surface area (Å²) >= 11 is 7.40. The number of nitrogens with zero attached hydrogens (tertiary/aromatic N) is 1. The highest BCUT2D eigenvalue weighted by molar-refractivity contribution is 7.17. The van der Waals surface area contributed by atoms with E-state index in [1.54, 1.807) is 69.3 Å². The molecule has 0 saturated heterocycles. The molecule has 10 heteroatoms. The van der Waals surface area contributed by atoms with E-state index in [0.717, 1.165) is 11.3 Å². The number of halogens is 1. The average Bonchev–Trinajstić information content (AvgIpc) is 3.23. The summed E-state index contributed by atoms with van der Waals surface area (Å²) in [5, 5.41) is 3.57. The van der Waals surface area contributed by atoms with E-state index in [1.807, 2.05) is 0 Å². The van der Waals surface area contributed by atoms with Crippen LogP contribution in [0.25, 0.3) is 22.3 Å². The van der Waals surface area contributed by atoms with Crippen LogP contribution in [0.4, 0.5) is 5.13 Å². The zero-order valence-corrected chi connectivity index (χ0v) is 21.4. The Morgan fingerprint density at radius 1 is 1.14 bits per heavy atom. The number of esters is 1. The van der Waals surface area contributed by atoms with Gasteiger partial charge in [0.1, 0.15) is 10.5 Å². The highest BCUT2D eigenvalue weighted by atomic mass is 35.5. The summed E-state index contributed by atoms with van der Waals surface area (Å²) in [7, 11) is 0. The van der Waals surface area contributed by atoms with E-state index in [4.69, 9.17) is 25.5 Å². The minimum Gasteiger partial charge on any atom is -0.473 e. The maximum atomic E-state index is 13.4. The van der Waals surface area contributed by atoms with Crippen molar-refractivity contribution in [1.29, 1.82) is 0 Å². The highest BCUT2D eigenvalue weighted by Crippen LogP contribution is 2.36. The number of hydrogen-bond acceptors (Lipinski definition) is 8. The van der Waals surface area contributed by atoms with Crippen LogP contribution in [0.1, 0.15) is 35.6 Å². The van der Waals surface area contributed by atoms with Gasteiger partial charge in [-0.1, -0.05) is 54.1 Å². The number of fused-ring (bicyclic) bond motifs is 1. The molecular formula is C26H23ClN2O6S. The van der Waals surface area contributed by atoms with Crippen LogP contribution in [-0.4, -0.2) is 29.6 Å². The molecule has 4 aromatic rings. The van der Waals surface area contributed by atoms with Crippen molar-refractivity contribution in [2.45, 2.75) is 33.3 Å². The molecule has 0 aliphatic heterocycles. The zero-order chi connectivity index (χ0) is 25.8. The zero-order valence-electron chi connectivity index (χ0n) is 19.8. The Balaban J connectivity index is 1.69. The molecule has 0 bridgehead atoms. The van der Waals surface area contributed by atoms with Crippen LogP contribution in [0, 0.1) is 6.92 Å². The number of ether oxygens (including phenoxy) is 2. The Hall–Kier alpha value is -3.69. The molecule has 1 atom stereocenters. The molecule has 0 aliphatic rings. The van der Waals surface area contributed by atoms with E-state index in [-0.39, 0.29) is 29.7 Å². The molecule has 4 rings (SSSR count). The lowest BCUT2D eigenvalue weighted by molar-refractivity contribution is -0.122. The molecule has 1 N–H and O–H groups in total. The predicted octanol–water partition coefficient (Wildman–Crippen LogP) is 5.85. The lowest BCUT2D eigenvalue weighted by atomic mass is 10.1. The molecule has 186 valence electrons. The van der Waals surface area contributed by atoms with E-state index in [9.17, 15) is 14.4 Å². The van der Waals surface area contributed by atoms with Gasteiger partial charge in [0.2, 0.25) is 11.2 Å². The van der Waals surface area contributed by atoms with Gasteiger partial charge in [-0.05, 0) is 44.5 Å². The maximum Gasteiger partial charge on any atom is 0.350 e. The Bertz CT molecular complexity index is 1500. The van der Waals surface area contributed by atoms with Gasteiger partial charge in [0.05, 0.1) is 22.7 Å². The smallest absolute Gasteiger partial charge is 0.350 e. The average molecular weight is 527 g/mol. The van der Waals surface area contributed by atoms with Crippen LogP contribution in [0.5, 0.6) is 5.75 Å². The monoisotopic (exact) mass is 526 g/mol. The molecular weight excluding hydrogens is 504 g/mol. The number of para-hydroxylation sites is 1. The number of thiazole rings is 1. The number of benzene rings is 2. The van der Waals surface area contributed by atoms with Crippen LogP contribution in [0.2, 0.25) is 5.02 Å². The van der Waals surface area contributed by atoms with Gasteiger partial charge < -0.3 is 13.9 Å². The van der Waals surface area contributed by atoms with Crippen molar-refractivity contribution in [3.63, 3.8) is 0 Å². The fourth-order valence-electron chi connectivity index (χ4n) is 3.54. The molecule has 8 nitrogen and oxygen atoms in total. The number of carbonyl (C=O) groups excluding carboxylic acids is 2. The Morgan fingerprint density at radius 2 is 1.86 bits per heavy atom. The number of hydrogen-bond donors (Lipinski definition) is 1. The lowest BCUT2D eigenvalue weighted by Gasteiger charge is -2.18. The van der Waals surface area contributed by atoms with E-state index >= 15 is 0 Å². The number of amides is 1. The first-order valence-electron chi connectivity index (χ1n) is 11.3. The third-order valence-electron chi connectivity index (χ3n) is 5.29. The van der Waals surface area contributed by atoms with Crippen LogP contribution in [-0.2, 0) is 9.53 Å². The summed E-state index contributed by atoms with van der Waals surface area (Å²) in [6.07, 6.45) is -0.805. The van der Waals surface area contributed by atoms with Gasteiger partial charge in [0, 0.05) is 5.56 Å². The van der Waals surface area contributed by atoms with Gasteiger partial charge in [-0.15, -0.1) is 0 Å². The summed E-state index contributed by atoms with van der Waals surface area (Å²) in [5.41, 5.74) is 0.848. The highest BCUT2D eigenvalue weighted by Gasteiger charge is 2.27. The molecule has 2 heterocycles. The third kappa shape index (κ3) is 5.12. The quantitative estimate of drug-likeness (QED) is 0.287. The molecule has 0 saturated carbocycles. The summed E-state index contributed by atoms with van der Waals surface area (Å²) < 4.78 is 17.1. The number of nitrogens with one attached hydrogen (secondary N) is 1. The Morgan fingerprint density at radius 3 is 2.58 bits per heavy atom. The lowest BCUT2D eigenvalue weighted by Crippen LogP contribution is -2.34. The van der Waals surface area contributed by atoms with Crippen LogP contribution < -0.4 is 15.5 Å². The minimum absolute atomic E-state index is 0.119. The van der Waals surface area contributed by atoms with Gasteiger partial charge in [0.15, 0.2) is 17.0 Å². The summed E-state index contributed by atoms with van der Waals surface area (Å²) in [4.78, 5) is 43.2. The predicted molar refractivity (Wildman–Crippen MR) is 139 cm³/mol. The second-order valence-electron chi connectivity index (χ2n) is 7.72. The van der Waals surface area contributed by atoms with Crippen molar-refractivity contribution in [2.24, 2.45) is 0 Å². The molecule has 0 aliphatic carbocycles. The first kappa shape index (κ1) is 25.4. The standard InChI is InChI=1S/C26H23ClN2O6S/c1-4-18(24(31)29-26-28-14(3)23(36-26)25(32)33-5-2)34-22-20(30)16-11-7-9-13-19(16)35-21(22)15-10-6-8-12-17(15)27/h6-13,18H,4-5H2,1-3H3,(H,28,29,31). The molecule has 2 aromatic heterocycles. The van der Waals surface area contributed by atoms with Crippen molar-refractivity contribution in [1.82, 2.24) is 4.98 Å². The van der Waals surface area contributed by atoms with Crippen LogP contribution >= 0.6 is 22.9 Å². The molecule has 0 spiro atoms. The summed E-state index contributed by atoms with van der Waals surface area (Å²) in [5.74, 6) is -1.02. The normalized spacial score (nSPS) is 11.8. The minimum atomic E-state index is -1.05. The van der Waals surface area contributed by atoms with Crippen molar-refractivity contribution in [3.8, 4) is 17.1 Å². The maximum absolute atomic E-state index is 13.4. The molecule has 0 radical (unpaired) electrons. The molecule has 1 unspecified atom stereocenters. The molecule has 1 amide bonds. The van der Waals surface area contributed by atoms with E-state index < -0.39 is 23.4 Å². The Labute approximate surface area is 215 Å². The van der Waals surface area contributed by atoms with Crippen molar-refractivity contribution in [3.05, 3.63) is 74.3 Å². The fraction of sp³-hybridized carbons (Fsp3) is 0.231. The first-order chi connectivity index (χ1) is 17.3. The number of aryl methyl sites for hydroxylation is 1. The largest absolute Gasteiger partial charge is 0.473 e. The van der Waals surface area contributed by atoms with Crippen LogP contribution in [0.15, 0.2) is 57.7 Å². The summed E-state index contributed by atoms with van der Waals surface area (Å²) in [6.45, 7) is 5.34. The first-order valence-corrected chi connectivity index (χ1v) is 12.5.